The smallest absolute Gasteiger partial charge is 0.270 e. The summed E-state index contributed by atoms with van der Waals surface area (Å²) in [6.45, 7) is 0. The van der Waals surface area contributed by atoms with Crippen molar-refractivity contribution < 1.29 is 14.5 Å². The van der Waals surface area contributed by atoms with Crippen molar-refractivity contribution in [1.82, 2.24) is 4.57 Å². The van der Waals surface area contributed by atoms with Crippen LogP contribution in [0.15, 0.2) is 48.7 Å². The Kier molecular flexibility index (Phi) is 3.78. The van der Waals surface area contributed by atoms with Gasteiger partial charge in [0.15, 0.2) is 0 Å². The number of non-ortho nitro benzene ring substituents is 1. The fourth-order valence-corrected chi connectivity index (χ4v) is 2.66. The Labute approximate surface area is 140 Å². The molecule has 0 atom stereocenters. The number of rotatable bonds is 3. The normalized spacial score (nSPS) is 10.7. The maximum atomic E-state index is 12.8. The average Bonchev–Trinajstić information content (AvgIpc) is 2.94. The summed E-state index contributed by atoms with van der Waals surface area (Å²) in [6.07, 6.45) is 1.31. The molecule has 120 valence electrons. The summed E-state index contributed by atoms with van der Waals surface area (Å²) in [5, 5.41) is 11.5. The number of aromatic nitrogens is 1. The lowest BCUT2D eigenvalue weighted by atomic mass is 10.1. The zero-order valence-corrected chi connectivity index (χ0v) is 12.9. The number of amides is 1. The lowest BCUT2D eigenvalue weighted by Crippen LogP contribution is -2.13. The molecule has 0 aliphatic rings. The second-order valence-electron chi connectivity index (χ2n) is 5.02. The van der Waals surface area contributed by atoms with Crippen LogP contribution in [0, 0.1) is 10.1 Å². The number of nitro benzene ring substituents is 1. The van der Waals surface area contributed by atoms with Crippen LogP contribution in [0.5, 0.6) is 0 Å². The number of primary amides is 1. The molecule has 0 spiro atoms. The maximum Gasteiger partial charge on any atom is 0.270 e. The van der Waals surface area contributed by atoms with E-state index in [-0.39, 0.29) is 21.8 Å². The van der Waals surface area contributed by atoms with Gasteiger partial charge in [0.1, 0.15) is 0 Å². The van der Waals surface area contributed by atoms with Crippen LogP contribution < -0.4 is 5.73 Å². The quantitative estimate of drug-likeness (QED) is 0.582. The maximum absolute atomic E-state index is 12.8. The molecule has 24 heavy (non-hydrogen) atoms. The number of carbonyl (C=O) groups excluding carboxylic acids is 2. The Morgan fingerprint density at radius 1 is 1.12 bits per heavy atom. The number of para-hydroxylation sites is 1. The minimum absolute atomic E-state index is 0.0392. The topological polar surface area (TPSA) is 108 Å². The Bertz CT molecular complexity index is 1010. The monoisotopic (exact) mass is 343 g/mol. The van der Waals surface area contributed by atoms with Crippen LogP contribution in [0.1, 0.15) is 20.7 Å². The van der Waals surface area contributed by atoms with Gasteiger partial charge in [-0.25, -0.2) is 0 Å². The summed E-state index contributed by atoms with van der Waals surface area (Å²) in [4.78, 5) is 34.7. The first-order valence-corrected chi connectivity index (χ1v) is 7.16. The molecule has 0 unspecified atom stereocenters. The van der Waals surface area contributed by atoms with Crippen molar-refractivity contribution in [3.63, 3.8) is 0 Å². The van der Waals surface area contributed by atoms with Gasteiger partial charge in [-0.15, -0.1) is 0 Å². The molecule has 0 saturated carbocycles. The van der Waals surface area contributed by atoms with Crippen molar-refractivity contribution in [3.8, 4) is 0 Å². The Hall–Kier alpha value is -3.19. The largest absolute Gasteiger partial charge is 0.366 e. The Morgan fingerprint density at radius 2 is 1.83 bits per heavy atom. The van der Waals surface area contributed by atoms with E-state index in [1.807, 2.05) is 0 Å². The van der Waals surface area contributed by atoms with E-state index in [9.17, 15) is 19.7 Å². The molecule has 0 radical (unpaired) electrons. The molecule has 8 heteroatoms. The minimum Gasteiger partial charge on any atom is -0.366 e. The highest BCUT2D eigenvalue weighted by Gasteiger charge is 2.21. The van der Waals surface area contributed by atoms with Crippen molar-refractivity contribution in [3.05, 3.63) is 74.9 Å². The molecule has 3 rings (SSSR count). The van der Waals surface area contributed by atoms with Crippen LogP contribution in [0.2, 0.25) is 5.02 Å². The van der Waals surface area contributed by atoms with E-state index in [4.69, 9.17) is 17.3 Å². The van der Waals surface area contributed by atoms with Gasteiger partial charge in [-0.05, 0) is 12.1 Å². The van der Waals surface area contributed by atoms with Crippen LogP contribution in [0.3, 0.4) is 0 Å². The van der Waals surface area contributed by atoms with E-state index >= 15 is 0 Å². The SMILES string of the molecule is NC(=O)c1cn(C(=O)c2cc([N+](=O)[O-])ccc2Cl)c2ccccc12. The number of nitrogens with two attached hydrogens (primary N) is 1. The zero-order valence-electron chi connectivity index (χ0n) is 12.1. The molecular formula is C16H10ClN3O4. The van der Waals surface area contributed by atoms with Crippen LogP contribution in [0.25, 0.3) is 10.9 Å². The number of hydrogen-bond acceptors (Lipinski definition) is 4. The van der Waals surface area contributed by atoms with Gasteiger partial charge in [-0.3, -0.25) is 24.3 Å². The molecule has 2 aromatic carbocycles. The standard InChI is InChI=1S/C16H10ClN3O4/c17-13-6-5-9(20(23)24)7-11(13)16(22)19-8-12(15(18)21)10-3-1-2-4-14(10)19/h1-8H,(H2,18,21). The molecule has 2 N–H and O–H groups in total. The first-order valence-electron chi connectivity index (χ1n) is 6.78. The highest BCUT2D eigenvalue weighted by molar-refractivity contribution is 6.34. The first-order chi connectivity index (χ1) is 11.4. The molecule has 1 heterocycles. The predicted molar refractivity (Wildman–Crippen MR) is 88.3 cm³/mol. The number of carbonyl (C=O) groups is 2. The zero-order chi connectivity index (χ0) is 17.4. The predicted octanol–water partition coefficient (Wildman–Crippen LogP) is 2.99. The van der Waals surface area contributed by atoms with E-state index in [1.54, 1.807) is 24.3 Å². The van der Waals surface area contributed by atoms with Gasteiger partial charge in [0, 0.05) is 23.7 Å². The van der Waals surface area contributed by atoms with Crippen LogP contribution in [-0.4, -0.2) is 21.3 Å². The van der Waals surface area contributed by atoms with E-state index < -0.39 is 16.7 Å². The third-order valence-electron chi connectivity index (χ3n) is 3.59. The number of benzene rings is 2. The molecule has 0 fully saturated rings. The van der Waals surface area contributed by atoms with E-state index in [2.05, 4.69) is 0 Å². The molecule has 3 aromatic rings. The third-order valence-corrected chi connectivity index (χ3v) is 3.92. The van der Waals surface area contributed by atoms with Crippen LogP contribution >= 0.6 is 11.6 Å². The summed E-state index contributed by atoms with van der Waals surface area (Å²) in [5.41, 5.74) is 5.69. The first kappa shape index (κ1) is 15.7. The number of nitro groups is 1. The molecule has 0 bridgehead atoms. The van der Waals surface area contributed by atoms with Gasteiger partial charge < -0.3 is 5.73 Å². The average molecular weight is 344 g/mol. The number of halogens is 1. The third kappa shape index (κ3) is 2.50. The summed E-state index contributed by atoms with van der Waals surface area (Å²) < 4.78 is 1.21. The second kappa shape index (κ2) is 5.78. The summed E-state index contributed by atoms with van der Waals surface area (Å²) in [6, 6.07) is 10.3. The fraction of sp³-hybridized carbons (Fsp3) is 0. The molecular weight excluding hydrogens is 334 g/mol. The van der Waals surface area contributed by atoms with Crippen LogP contribution in [-0.2, 0) is 0 Å². The van der Waals surface area contributed by atoms with Gasteiger partial charge in [0.2, 0.25) is 0 Å². The van der Waals surface area contributed by atoms with Gasteiger partial charge >= 0.3 is 0 Å². The number of fused-ring (bicyclic) bond motifs is 1. The van der Waals surface area contributed by atoms with Crippen molar-refractivity contribution in [1.29, 1.82) is 0 Å². The van der Waals surface area contributed by atoms with Crippen molar-refractivity contribution >= 4 is 40.0 Å². The molecule has 7 nitrogen and oxygen atoms in total. The molecule has 0 aliphatic carbocycles. The molecule has 0 aliphatic heterocycles. The highest BCUT2D eigenvalue weighted by Crippen LogP contribution is 2.26. The molecule has 1 amide bonds. The van der Waals surface area contributed by atoms with Gasteiger partial charge in [0.05, 0.1) is 26.6 Å². The number of hydrogen-bond donors (Lipinski definition) is 1. The van der Waals surface area contributed by atoms with E-state index in [1.165, 1.54) is 22.9 Å². The number of nitrogens with zero attached hydrogens (tertiary/aromatic N) is 2. The Morgan fingerprint density at radius 3 is 2.50 bits per heavy atom. The van der Waals surface area contributed by atoms with E-state index in [0.717, 1.165) is 6.07 Å². The van der Waals surface area contributed by atoms with Crippen molar-refractivity contribution in [2.24, 2.45) is 5.73 Å². The highest BCUT2D eigenvalue weighted by atomic mass is 35.5. The summed E-state index contributed by atoms with van der Waals surface area (Å²) in [5.74, 6) is -1.27. The molecule has 1 aromatic heterocycles. The molecule has 0 saturated heterocycles. The minimum atomic E-state index is -0.678. The van der Waals surface area contributed by atoms with Gasteiger partial charge in [-0.2, -0.15) is 0 Å². The van der Waals surface area contributed by atoms with Crippen molar-refractivity contribution in [2.75, 3.05) is 0 Å². The lowest BCUT2D eigenvalue weighted by Gasteiger charge is -2.06. The fourth-order valence-electron chi connectivity index (χ4n) is 2.46. The van der Waals surface area contributed by atoms with Crippen LogP contribution in [0.4, 0.5) is 5.69 Å². The van der Waals surface area contributed by atoms with Gasteiger partial charge in [0.25, 0.3) is 17.5 Å². The summed E-state index contributed by atoms with van der Waals surface area (Å²) >= 11 is 6.02. The Balaban J connectivity index is 2.22. The lowest BCUT2D eigenvalue weighted by molar-refractivity contribution is -0.384. The summed E-state index contributed by atoms with van der Waals surface area (Å²) in [7, 11) is 0. The van der Waals surface area contributed by atoms with Gasteiger partial charge in [-0.1, -0.05) is 29.8 Å². The van der Waals surface area contributed by atoms with Crippen molar-refractivity contribution in [2.45, 2.75) is 0 Å². The van der Waals surface area contributed by atoms with E-state index in [0.29, 0.717) is 10.9 Å². The second-order valence-corrected chi connectivity index (χ2v) is 5.43.